The van der Waals surface area contributed by atoms with Crippen LogP contribution in [0.2, 0.25) is 0 Å². The molecule has 132 valence electrons. The van der Waals surface area contributed by atoms with Gasteiger partial charge in [-0.3, -0.25) is 13.9 Å². The van der Waals surface area contributed by atoms with E-state index in [1.54, 1.807) is 14.2 Å². The average molecular weight is 344 g/mol. The van der Waals surface area contributed by atoms with Gasteiger partial charge in [0.2, 0.25) is 0 Å². The molecule has 0 aliphatic carbocycles. The summed E-state index contributed by atoms with van der Waals surface area (Å²) >= 11 is 0. The maximum atomic E-state index is 12.0. The molecule has 2 rings (SSSR count). The maximum absolute atomic E-state index is 12.0. The molecule has 1 aromatic carbocycles. The molecule has 8 nitrogen and oxygen atoms in total. The molecule has 0 amide bonds. The largest absolute Gasteiger partial charge is 0.493 e. The van der Waals surface area contributed by atoms with Gasteiger partial charge in [0.15, 0.2) is 17.1 Å². The molecule has 2 aromatic rings. The standard InChI is InChI=1S/C17H20N4O4/c1-20-15(12(10-18)16(22)21(2)17(20)23)19-8-7-11-5-6-13(24-3)14(9-11)25-4/h5-6,9,19H,7-8H2,1-4H3. The van der Waals surface area contributed by atoms with Gasteiger partial charge in [0.05, 0.1) is 14.2 Å². The number of anilines is 1. The van der Waals surface area contributed by atoms with Crippen molar-refractivity contribution in [1.29, 1.82) is 5.26 Å². The Bertz CT molecular complexity index is 937. The predicted octanol–water partition coefficient (Wildman–Crippen LogP) is 0.627. The fourth-order valence-electron chi connectivity index (χ4n) is 2.51. The van der Waals surface area contributed by atoms with E-state index in [0.717, 1.165) is 10.1 Å². The lowest BCUT2D eigenvalue weighted by molar-refractivity contribution is 0.354. The molecule has 0 unspecified atom stereocenters. The summed E-state index contributed by atoms with van der Waals surface area (Å²) in [5, 5.41) is 12.2. The summed E-state index contributed by atoms with van der Waals surface area (Å²) in [6.45, 7) is 0.435. The molecule has 0 saturated carbocycles. The number of hydrogen-bond donors (Lipinski definition) is 1. The third-order valence-electron chi connectivity index (χ3n) is 3.93. The Kier molecular flexibility index (Phi) is 5.49. The van der Waals surface area contributed by atoms with Crippen LogP contribution in [0.15, 0.2) is 27.8 Å². The normalized spacial score (nSPS) is 10.2. The minimum atomic E-state index is -0.612. The molecule has 0 aliphatic heterocycles. The molecule has 1 N–H and O–H groups in total. The molecule has 0 spiro atoms. The van der Waals surface area contributed by atoms with E-state index >= 15 is 0 Å². The fourth-order valence-corrected chi connectivity index (χ4v) is 2.51. The van der Waals surface area contributed by atoms with E-state index in [2.05, 4.69) is 5.32 Å². The quantitative estimate of drug-likeness (QED) is 0.825. The van der Waals surface area contributed by atoms with Crippen LogP contribution in [0.5, 0.6) is 11.5 Å². The van der Waals surface area contributed by atoms with Gasteiger partial charge in [0.1, 0.15) is 11.9 Å². The highest BCUT2D eigenvalue weighted by atomic mass is 16.5. The lowest BCUT2D eigenvalue weighted by Gasteiger charge is -2.14. The van der Waals surface area contributed by atoms with Crippen LogP contribution in [0.4, 0.5) is 5.82 Å². The van der Waals surface area contributed by atoms with E-state index in [1.807, 2.05) is 24.3 Å². The van der Waals surface area contributed by atoms with Crippen LogP contribution < -0.4 is 26.0 Å². The molecule has 25 heavy (non-hydrogen) atoms. The van der Waals surface area contributed by atoms with Gasteiger partial charge >= 0.3 is 5.69 Å². The number of aromatic nitrogens is 2. The first-order valence-corrected chi connectivity index (χ1v) is 7.59. The van der Waals surface area contributed by atoms with Crippen molar-refractivity contribution in [1.82, 2.24) is 9.13 Å². The van der Waals surface area contributed by atoms with Crippen molar-refractivity contribution in [2.45, 2.75) is 6.42 Å². The second kappa shape index (κ2) is 7.57. The topological polar surface area (TPSA) is 98.3 Å². The first kappa shape index (κ1) is 18.1. The zero-order valence-electron chi connectivity index (χ0n) is 14.6. The van der Waals surface area contributed by atoms with Gasteiger partial charge in [-0.2, -0.15) is 5.26 Å². The van der Waals surface area contributed by atoms with Gasteiger partial charge in [0, 0.05) is 20.6 Å². The van der Waals surface area contributed by atoms with Gasteiger partial charge in [-0.15, -0.1) is 0 Å². The van der Waals surface area contributed by atoms with Crippen LogP contribution in [0, 0.1) is 11.3 Å². The molecule has 0 atom stereocenters. The summed E-state index contributed by atoms with van der Waals surface area (Å²) in [6.07, 6.45) is 0.606. The molecule has 1 heterocycles. The maximum Gasteiger partial charge on any atom is 0.332 e. The first-order chi connectivity index (χ1) is 11.9. The van der Waals surface area contributed by atoms with Gasteiger partial charge in [-0.1, -0.05) is 6.07 Å². The van der Waals surface area contributed by atoms with Crippen molar-refractivity contribution in [2.75, 3.05) is 26.1 Å². The molecule has 8 heteroatoms. The SMILES string of the molecule is COc1ccc(CCNc2c(C#N)c(=O)n(C)c(=O)n2C)cc1OC. The molecule has 0 bridgehead atoms. The van der Waals surface area contributed by atoms with E-state index in [1.165, 1.54) is 18.7 Å². The molecule has 1 aromatic heterocycles. The van der Waals surface area contributed by atoms with Crippen LogP contribution in [-0.4, -0.2) is 29.9 Å². The van der Waals surface area contributed by atoms with E-state index in [-0.39, 0.29) is 11.4 Å². The molecular formula is C17H20N4O4. The summed E-state index contributed by atoms with van der Waals surface area (Å²) < 4.78 is 12.6. The number of ether oxygens (including phenoxy) is 2. The molecule has 0 saturated heterocycles. The Balaban J connectivity index is 2.22. The summed E-state index contributed by atoms with van der Waals surface area (Å²) in [4.78, 5) is 24.0. The zero-order chi connectivity index (χ0) is 18.6. The Morgan fingerprint density at radius 2 is 1.80 bits per heavy atom. The van der Waals surface area contributed by atoms with Crippen molar-refractivity contribution in [2.24, 2.45) is 14.1 Å². The predicted molar refractivity (Wildman–Crippen MR) is 93.4 cm³/mol. The van der Waals surface area contributed by atoms with Gasteiger partial charge in [-0.05, 0) is 24.1 Å². The minimum absolute atomic E-state index is 0.0862. The van der Waals surface area contributed by atoms with Crippen LogP contribution in [0.25, 0.3) is 0 Å². The average Bonchev–Trinajstić information content (AvgIpc) is 2.64. The summed E-state index contributed by atoms with van der Waals surface area (Å²) in [7, 11) is 5.99. The minimum Gasteiger partial charge on any atom is -0.493 e. The fraction of sp³-hybridized carbons (Fsp3) is 0.353. The number of hydrogen-bond acceptors (Lipinski definition) is 6. The number of rotatable bonds is 6. The van der Waals surface area contributed by atoms with Crippen molar-refractivity contribution in [3.05, 3.63) is 50.2 Å². The Hall–Kier alpha value is -3.21. The van der Waals surface area contributed by atoms with Crippen molar-refractivity contribution < 1.29 is 9.47 Å². The van der Waals surface area contributed by atoms with Gasteiger partial charge in [-0.25, -0.2) is 4.79 Å². The van der Waals surface area contributed by atoms with E-state index in [0.29, 0.717) is 24.5 Å². The van der Waals surface area contributed by atoms with Gasteiger partial charge < -0.3 is 14.8 Å². The summed E-state index contributed by atoms with van der Waals surface area (Å²) in [5.74, 6) is 1.48. The number of benzene rings is 1. The lowest BCUT2D eigenvalue weighted by atomic mass is 10.1. The van der Waals surface area contributed by atoms with Crippen molar-refractivity contribution in [3.8, 4) is 17.6 Å². The Morgan fingerprint density at radius 3 is 2.40 bits per heavy atom. The number of nitrogens with one attached hydrogen (secondary N) is 1. The van der Waals surface area contributed by atoms with E-state index in [9.17, 15) is 14.9 Å². The summed E-state index contributed by atoms with van der Waals surface area (Å²) in [5.41, 5.74) is -0.203. The number of nitrogens with zero attached hydrogens (tertiary/aromatic N) is 3. The van der Waals surface area contributed by atoms with Crippen LogP contribution in [0.3, 0.4) is 0 Å². The van der Waals surface area contributed by atoms with Crippen LogP contribution in [0.1, 0.15) is 11.1 Å². The summed E-state index contributed by atoms with van der Waals surface area (Å²) in [6, 6.07) is 7.43. The highest BCUT2D eigenvalue weighted by Gasteiger charge is 2.15. The molecule has 0 aliphatic rings. The number of methoxy groups -OCH3 is 2. The van der Waals surface area contributed by atoms with Crippen LogP contribution >= 0.6 is 0 Å². The first-order valence-electron chi connectivity index (χ1n) is 7.59. The molecule has 0 fully saturated rings. The monoisotopic (exact) mass is 344 g/mol. The smallest absolute Gasteiger partial charge is 0.332 e. The Labute approximate surface area is 144 Å². The van der Waals surface area contributed by atoms with Crippen LogP contribution in [-0.2, 0) is 20.5 Å². The highest BCUT2D eigenvalue weighted by molar-refractivity contribution is 5.51. The molecule has 0 radical (unpaired) electrons. The second-order valence-electron chi connectivity index (χ2n) is 5.41. The van der Waals surface area contributed by atoms with E-state index in [4.69, 9.17) is 9.47 Å². The lowest BCUT2D eigenvalue weighted by Crippen LogP contribution is -2.40. The number of nitriles is 1. The van der Waals surface area contributed by atoms with Gasteiger partial charge in [0.25, 0.3) is 5.56 Å². The second-order valence-corrected chi connectivity index (χ2v) is 5.41. The zero-order valence-corrected chi connectivity index (χ0v) is 14.6. The third kappa shape index (κ3) is 3.50. The van der Waals surface area contributed by atoms with Crippen molar-refractivity contribution in [3.63, 3.8) is 0 Å². The third-order valence-corrected chi connectivity index (χ3v) is 3.93. The molecular weight excluding hydrogens is 324 g/mol. The highest BCUT2D eigenvalue weighted by Crippen LogP contribution is 2.27. The van der Waals surface area contributed by atoms with E-state index < -0.39 is 11.2 Å². The Morgan fingerprint density at radius 1 is 1.12 bits per heavy atom. The van der Waals surface area contributed by atoms with Crippen molar-refractivity contribution >= 4 is 5.82 Å².